The first-order valence-corrected chi connectivity index (χ1v) is 5.65. The molecular weight excluding hydrogens is 220 g/mol. The van der Waals surface area contributed by atoms with E-state index in [0.29, 0.717) is 6.61 Å². The highest BCUT2D eigenvalue weighted by Crippen LogP contribution is 2.07. The first-order valence-electron chi connectivity index (χ1n) is 5.65. The molecule has 0 spiro atoms. The van der Waals surface area contributed by atoms with Gasteiger partial charge in [0, 0.05) is 0 Å². The Morgan fingerprint density at radius 1 is 1.35 bits per heavy atom. The van der Waals surface area contributed by atoms with Crippen molar-refractivity contribution in [1.29, 1.82) is 0 Å². The topological polar surface area (TPSA) is 55.8 Å². The maximum absolute atomic E-state index is 11.2. The highest BCUT2D eigenvalue weighted by Gasteiger charge is 2.24. The molecule has 0 fully saturated rings. The molecular formula is C13H18O4. The maximum Gasteiger partial charge on any atom is 0.337 e. The van der Waals surface area contributed by atoms with Crippen LogP contribution in [0.15, 0.2) is 30.3 Å². The predicted molar refractivity (Wildman–Crippen MR) is 63.3 cm³/mol. The van der Waals surface area contributed by atoms with Crippen molar-refractivity contribution in [3.05, 3.63) is 35.9 Å². The number of aliphatic hydroxyl groups is 1. The number of rotatable bonds is 6. The Labute approximate surface area is 101 Å². The zero-order valence-corrected chi connectivity index (χ0v) is 10.1. The maximum atomic E-state index is 11.2. The third kappa shape index (κ3) is 4.54. The normalized spacial score (nSPS) is 14.1. The molecule has 2 unspecified atom stereocenters. The fourth-order valence-electron chi connectivity index (χ4n) is 1.31. The molecule has 1 rings (SSSR count). The van der Waals surface area contributed by atoms with Crippen molar-refractivity contribution >= 4 is 5.97 Å². The van der Waals surface area contributed by atoms with E-state index in [1.807, 2.05) is 30.3 Å². The molecule has 0 aliphatic carbocycles. The Bertz CT molecular complexity index is 337. The number of aliphatic hydroxyl groups excluding tert-OH is 1. The number of esters is 1. The van der Waals surface area contributed by atoms with Crippen LogP contribution in [0.1, 0.15) is 19.4 Å². The van der Waals surface area contributed by atoms with E-state index in [1.54, 1.807) is 13.8 Å². The number of ether oxygens (including phenoxy) is 2. The van der Waals surface area contributed by atoms with E-state index in [9.17, 15) is 9.90 Å². The second-order valence-corrected chi connectivity index (χ2v) is 3.70. The van der Waals surface area contributed by atoms with Crippen molar-refractivity contribution < 1.29 is 19.4 Å². The average molecular weight is 238 g/mol. The molecule has 94 valence electrons. The second-order valence-electron chi connectivity index (χ2n) is 3.70. The van der Waals surface area contributed by atoms with Crippen molar-refractivity contribution in [3.63, 3.8) is 0 Å². The van der Waals surface area contributed by atoms with Crippen LogP contribution in [0.25, 0.3) is 0 Å². The number of hydrogen-bond donors (Lipinski definition) is 1. The summed E-state index contributed by atoms with van der Waals surface area (Å²) in [5, 5.41) is 9.60. The van der Waals surface area contributed by atoms with Gasteiger partial charge in [-0.3, -0.25) is 0 Å². The molecule has 1 N–H and O–H groups in total. The largest absolute Gasteiger partial charge is 0.464 e. The lowest BCUT2D eigenvalue weighted by molar-refractivity contribution is -0.161. The Hall–Kier alpha value is -1.39. The Balaban J connectivity index is 2.39. The highest BCUT2D eigenvalue weighted by molar-refractivity contribution is 5.74. The summed E-state index contributed by atoms with van der Waals surface area (Å²) in [5.74, 6) is -0.645. The van der Waals surface area contributed by atoms with E-state index in [0.717, 1.165) is 5.56 Å². The van der Waals surface area contributed by atoms with Crippen LogP contribution in [0.4, 0.5) is 0 Å². The van der Waals surface area contributed by atoms with Crippen LogP contribution in [0, 0.1) is 0 Å². The minimum Gasteiger partial charge on any atom is -0.464 e. The summed E-state index contributed by atoms with van der Waals surface area (Å²) in [5.41, 5.74) is 0.996. The molecule has 0 saturated heterocycles. The highest BCUT2D eigenvalue weighted by atomic mass is 16.6. The van der Waals surface area contributed by atoms with Crippen molar-refractivity contribution in [3.8, 4) is 0 Å². The molecule has 0 aromatic heterocycles. The molecule has 0 aliphatic heterocycles. The monoisotopic (exact) mass is 238 g/mol. The van der Waals surface area contributed by atoms with E-state index >= 15 is 0 Å². The fourth-order valence-corrected chi connectivity index (χ4v) is 1.31. The molecule has 1 aromatic carbocycles. The Kier molecular flexibility index (Phi) is 5.66. The van der Waals surface area contributed by atoms with Gasteiger partial charge in [0.05, 0.1) is 19.3 Å². The average Bonchev–Trinajstić information content (AvgIpc) is 2.36. The summed E-state index contributed by atoms with van der Waals surface area (Å²) < 4.78 is 10.1. The Morgan fingerprint density at radius 2 is 2.00 bits per heavy atom. The van der Waals surface area contributed by atoms with Gasteiger partial charge in [0.25, 0.3) is 0 Å². The molecule has 2 atom stereocenters. The fraction of sp³-hybridized carbons (Fsp3) is 0.462. The summed E-state index contributed by atoms with van der Waals surface area (Å²) in [4.78, 5) is 11.2. The standard InChI is InChI=1S/C13H18O4/c1-3-16-13(15)12(14)10(2)17-9-11-7-5-4-6-8-11/h4-8,10,12,14H,3,9H2,1-2H3. The van der Waals surface area contributed by atoms with Gasteiger partial charge in [-0.2, -0.15) is 0 Å². The molecule has 0 radical (unpaired) electrons. The van der Waals surface area contributed by atoms with Crippen LogP contribution in [-0.4, -0.2) is 29.9 Å². The van der Waals surface area contributed by atoms with Gasteiger partial charge in [-0.15, -0.1) is 0 Å². The van der Waals surface area contributed by atoms with Crippen LogP contribution in [0.2, 0.25) is 0 Å². The van der Waals surface area contributed by atoms with Gasteiger partial charge in [-0.25, -0.2) is 4.79 Å². The third-order valence-electron chi connectivity index (χ3n) is 2.33. The lowest BCUT2D eigenvalue weighted by Gasteiger charge is -2.18. The van der Waals surface area contributed by atoms with Crippen molar-refractivity contribution in [1.82, 2.24) is 0 Å². The summed E-state index contributed by atoms with van der Waals surface area (Å²) >= 11 is 0. The van der Waals surface area contributed by atoms with E-state index < -0.39 is 18.2 Å². The molecule has 4 heteroatoms. The van der Waals surface area contributed by atoms with Crippen molar-refractivity contribution in [2.75, 3.05) is 6.61 Å². The molecule has 4 nitrogen and oxygen atoms in total. The predicted octanol–water partition coefficient (Wildman–Crippen LogP) is 1.52. The quantitative estimate of drug-likeness (QED) is 0.763. The molecule has 0 heterocycles. The van der Waals surface area contributed by atoms with Gasteiger partial charge in [0.2, 0.25) is 0 Å². The molecule has 0 aliphatic rings. The smallest absolute Gasteiger partial charge is 0.337 e. The van der Waals surface area contributed by atoms with Crippen LogP contribution in [-0.2, 0) is 20.9 Å². The van der Waals surface area contributed by atoms with Crippen LogP contribution >= 0.6 is 0 Å². The van der Waals surface area contributed by atoms with Crippen molar-refractivity contribution in [2.24, 2.45) is 0 Å². The van der Waals surface area contributed by atoms with Gasteiger partial charge in [-0.05, 0) is 19.4 Å². The van der Waals surface area contributed by atoms with Gasteiger partial charge >= 0.3 is 5.97 Å². The first-order chi connectivity index (χ1) is 8.15. The van der Waals surface area contributed by atoms with Gasteiger partial charge in [0.1, 0.15) is 0 Å². The van der Waals surface area contributed by atoms with E-state index in [2.05, 4.69) is 0 Å². The zero-order valence-electron chi connectivity index (χ0n) is 10.1. The van der Waals surface area contributed by atoms with Crippen LogP contribution in [0.3, 0.4) is 0 Å². The molecule has 0 saturated carbocycles. The minimum atomic E-state index is -1.24. The van der Waals surface area contributed by atoms with Gasteiger partial charge in [0.15, 0.2) is 6.10 Å². The number of carbonyl (C=O) groups excluding carboxylic acids is 1. The lowest BCUT2D eigenvalue weighted by Crippen LogP contribution is -2.35. The van der Waals surface area contributed by atoms with Crippen LogP contribution < -0.4 is 0 Å². The van der Waals surface area contributed by atoms with E-state index in [4.69, 9.17) is 9.47 Å². The van der Waals surface area contributed by atoms with Gasteiger partial charge < -0.3 is 14.6 Å². The first kappa shape index (κ1) is 13.7. The summed E-state index contributed by atoms with van der Waals surface area (Å²) in [7, 11) is 0. The molecule has 17 heavy (non-hydrogen) atoms. The minimum absolute atomic E-state index is 0.251. The number of carbonyl (C=O) groups is 1. The SMILES string of the molecule is CCOC(=O)C(O)C(C)OCc1ccccc1. The van der Waals surface area contributed by atoms with Crippen LogP contribution in [0.5, 0.6) is 0 Å². The molecule has 0 amide bonds. The summed E-state index contributed by atoms with van der Waals surface area (Å²) in [6, 6.07) is 9.57. The third-order valence-corrected chi connectivity index (χ3v) is 2.33. The van der Waals surface area contributed by atoms with Crippen molar-refractivity contribution in [2.45, 2.75) is 32.7 Å². The van der Waals surface area contributed by atoms with E-state index in [-0.39, 0.29) is 6.61 Å². The number of benzene rings is 1. The van der Waals surface area contributed by atoms with Gasteiger partial charge in [-0.1, -0.05) is 30.3 Å². The molecule has 0 bridgehead atoms. The molecule has 1 aromatic rings. The van der Waals surface area contributed by atoms with E-state index in [1.165, 1.54) is 0 Å². The number of hydrogen-bond acceptors (Lipinski definition) is 4. The Morgan fingerprint density at radius 3 is 2.59 bits per heavy atom. The summed E-state index contributed by atoms with van der Waals surface area (Å²) in [6.07, 6.45) is -1.83. The zero-order chi connectivity index (χ0) is 12.7. The lowest BCUT2D eigenvalue weighted by atomic mass is 10.2. The second kappa shape index (κ2) is 7.04. The summed E-state index contributed by atoms with van der Waals surface area (Å²) in [6.45, 7) is 3.95.